The highest BCUT2D eigenvalue weighted by atomic mass is 32.2. The Morgan fingerprint density at radius 1 is 1.00 bits per heavy atom. The molecule has 20 heavy (non-hydrogen) atoms. The summed E-state index contributed by atoms with van der Waals surface area (Å²) in [6.45, 7) is 0. The minimum absolute atomic E-state index is 0.835. The normalized spacial score (nSPS) is 10.7. The molecule has 100 valence electrons. The predicted octanol–water partition coefficient (Wildman–Crippen LogP) is 4.63. The lowest BCUT2D eigenvalue weighted by Gasteiger charge is -2.09. The average molecular weight is 281 g/mol. The Kier molecular flexibility index (Phi) is 3.61. The van der Waals surface area contributed by atoms with Crippen LogP contribution in [0.15, 0.2) is 59.5 Å². The van der Waals surface area contributed by atoms with Crippen molar-refractivity contribution in [3.05, 3.63) is 54.6 Å². The fourth-order valence-electron chi connectivity index (χ4n) is 2.23. The molecule has 0 saturated heterocycles. The summed E-state index contributed by atoms with van der Waals surface area (Å²) in [6.07, 6.45) is 2.09. The van der Waals surface area contributed by atoms with Crippen molar-refractivity contribution in [2.75, 3.05) is 13.4 Å². The van der Waals surface area contributed by atoms with Crippen LogP contribution in [0.2, 0.25) is 0 Å². The lowest BCUT2D eigenvalue weighted by molar-refractivity contribution is 0.415. The first-order valence-corrected chi connectivity index (χ1v) is 7.62. The van der Waals surface area contributed by atoms with E-state index in [0.29, 0.717) is 0 Å². The molecular weight excluding hydrogens is 266 g/mol. The van der Waals surface area contributed by atoms with Crippen molar-refractivity contribution in [1.29, 1.82) is 0 Å². The first-order valence-electron chi connectivity index (χ1n) is 6.40. The number of hydrogen-bond donors (Lipinski definition) is 0. The molecule has 0 fully saturated rings. The summed E-state index contributed by atoms with van der Waals surface area (Å²) < 4.78 is 5.29. The number of methoxy groups -OCH3 is 1. The van der Waals surface area contributed by atoms with E-state index in [9.17, 15) is 0 Å². The summed E-state index contributed by atoms with van der Waals surface area (Å²) in [5, 5.41) is 1.16. The van der Waals surface area contributed by atoms with Gasteiger partial charge in [0.1, 0.15) is 5.75 Å². The van der Waals surface area contributed by atoms with E-state index in [1.54, 1.807) is 18.9 Å². The minimum Gasteiger partial charge on any atom is -0.497 e. The first kappa shape index (κ1) is 13.0. The van der Waals surface area contributed by atoms with E-state index in [0.717, 1.165) is 27.9 Å². The second kappa shape index (κ2) is 5.55. The Hall–Kier alpha value is -2.00. The number of ether oxygens (including phenoxy) is 1. The zero-order valence-electron chi connectivity index (χ0n) is 11.5. The van der Waals surface area contributed by atoms with Gasteiger partial charge in [0, 0.05) is 21.9 Å². The van der Waals surface area contributed by atoms with Gasteiger partial charge in [-0.2, -0.15) is 0 Å². The summed E-state index contributed by atoms with van der Waals surface area (Å²) in [4.78, 5) is 6.00. The third-order valence-electron chi connectivity index (χ3n) is 3.27. The lowest BCUT2D eigenvalue weighted by atomic mass is 10.1. The molecule has 0 aliphatic carbocycles. The van der Waals surface area contributed by atoms with Gasteiger partial charge in [-0.25, -0.2) is 4.98 Å². The molecule has 0 aliphatic heterocycles. The number of fused-ring (bicyclic) bond motifs is 1. The molecule has 0 radical (unpaired) electrons. The molecule has 0 unspecified atom stereocenters. The topological polar surface area (TPSA) is 22.1 Å². The van der Waals surface area contributed by atoms with E-state index in [4.69, 9.17) is 9.72 Å². The Morgan fingerprint density at radius 3 is 2.50 bits per heavy atom. The van der Waals surface area contributed by atoms with Crippen LogP contribution in [0, 0.1) is 0 Å². The molecule has 3 heteroatoms. The number of nitrogens with zero attached hydrogens (tertiary/aromatic N) is 1. The quantitative estimate of drug-likeness (QED) is 0.653. The molecule has 0 bridgehead atoms. The van der Waals surface area contributed by atoms with Gasteiger partial charge in [-0.15, -0.1) is 11.8 Å². The molecule has 2 nitrogen and oxygen atoms in total. The third kappa shape index (κ3) is 2.37. The second-order valence-corrected chi connectivity index (χ2v) is 5.31. The monoisotopic (exact) mass is 281 g/mol. The fourth-order valence-corrected chi connectivity index (χ4v) is 2.85. The molecule has 0 atom stereocenters. The van der Waals surface area contributed by atoms with Crippen molar-refractivity contribution in [2.24, 2.45) is 0 Å². The summed E-state index contributed by atoms with van der Waals surface area (Å²) >= 11 is 1.74. The molecule has 3 rings (SSSR count). The number of thioether (sulfide) groups is 1. The molecule has 1 heterocycles. The molecule has 2 aromatic carbocycles. The summed E-state index contributed by atoms with van der Waals surface area (Å²) in [5.74, 6) is 0.835. The van der Waals surface area contributed by atoms with E-state index in [2.05, 4.69) is 30.5 Å². The Labute approximate surface area is 122 Å². The van der Waals surface area contributed by atoms with Crippen LogP contribution >= 0.6 is 11.8 Å². The third-order valence-corrected chi connectivity index (χ3v) is 4.05. The maximum atomic E-state index is 5.29. The first-order chi connectivity index (χ1) is 9.81. The van der Waals surface area contributed by atoms with Gasteiger partial charge < -0.3 is 4.74 Å². The van der Waals surface area contributed by atoms with Crippen LogP contribution < -0.4 is 4.74 Å². The fraction of sp³-hybridized carbons (Fsp3) is 0.118. The van der Waals surface area contributed by atoms with Gasteiger partial charge in [-0.3, -0.25) is 0 Å². The summed E-state index contributed by atoms with van der Waals surface area (Å²) in [7, 11) is 1.68. The highest BCUT2D eigenvalue weighted by molar-refractivity contribution is 7.98. The van der Waals surface area contributed by atoms with E-state index < -0.39 is 0 Å². The van der Waals surface area contributed by atoms with Gasteiger partial charge in [0.05, 0.1) is 18.3 Å². The van der Waals surface area contributed by atoms with Gasteiger partial charge in [0.25, 0.3) is 0 Å². The molecule has 0 saturated carbocycles. The average Bonchev–Trinajstić information content (AvgIpc) is 2.54. The number of benzene rings is 2. The molecule has 0 spiro atoms. The van der Waals surface area contributed by atoms with Crippen molar-refractivity contribution in [3.63, 3.8) is 0 Å². The predicted molar refractivity (Wildman–Crippen MR) is 85.5 cm³/mol. The Bertz CT molecular complexity index is 741. The van der Waals surface area contributed by atoms with Crippen LogP contribution in [0.3, 0.4) is 0 Å². The number of pyridine rings is 1. The van der Waals surface area contributed by atoms with Gasteiger partial charge in [-0.1, -0.05) is 30.3 Å². The zero-order chi connectivity index (χ0) is 13.9. The largest absolute Gasteiger partial charge is 0.497 e. The highest BCUT2D eigenvalue weighted by Gasteiger charge is 2.07. The van der Waals surface area contributed by atoms with Crippen LogP contribution in [-0.4, -0.2) is 18.3 Å². The molecule has 3 aromatic rings. The molecular formula is C17H15NOS. The van der Waals surface area contributed by atoms with Crippen molar-refractivity contribution in [2.45, 2.75) is 4.90 Å². The molecule has 0 aliphatic rings. The van der Waals surface area contributed by atoms with E-state index >= 15 is 0 Å². The maximum Gasteiger partial charge on any atom is 0.121 e. The van der Waals surface area contributed by atoms with Crippen LogP contribution in [0.1, 0.15) is 0 Å². The van der Waals surface area contributed by atoms with Crippen LogP contribution in [0.25, 0.3) is 22.2 Å². The minimum atomic E-state index is 0.835. The van der Waals surface area contributed by atoms with Crippen LogP contribution in [-0.2, 0) is 0 Å². The number of hydrogen-bond acceptors (Lipinski definition) is 3. The van der Waals surface area contributed by atoms with Crippen LogP contribution in [0.4, 0.5) is 0 Å². The van der Waals surface area contributed by atoms with Gasteiger partial charge in [0.15, 0.2) is 0 Å². The van der Waals surface area contributed by atoms with Gasteiger partial charge in [0.2, 0.25) is 0 Å². The molecule has 1 aromatic heterocycles. The van der Waals surface area contributed by atoms with E-state index in [1.165, 1.54) is 4.90 Å². The standard InChI is InChI=1S/C17H15NOS/c1-19-13-8-9-14-16(10-13)18-15(11-17(14)20-2)12-6-4-3-5-7-12/h3-11H,1-2H3. The van der Waals surface area contributed by atoms with E-state index in [-0.39, 0.29) is 0 Å². The number of aromatic nitrogens is 1. The summed E-state index contributed by atoms with van der Waals surface area (Å²) in [6, 6.07) is 18.4. The second-order valence-electron chi connectivity index (χ2n) is 4.46. The molecule has 0 amide bonds. The van der Waals surface area contributed by atoms with Crippen molar-refractivity contribution in [3.8, 4) is 17.0 Å². The lowest BCUT2D eigenvalue weighted by Crippen LogP contribution is -1.90. The van der Waals surface area contributed by atoms with Gasteiger partial charge in [-0.05, 0) is 24.5 Å². The smallest absolute Gasteiger partial charge is 0.121 e. The Balaban J connectivity index is 2.24. The Morgan fingerprint density at radius 2 is 1.80 bits per heavy atom. The number of rotatable bonds is 3. The SMILES string of the molecule is COc1ccc2c(SC)cc(-c3ccccc3)nc2c1. The zero-order valence-corrected chi connectivity index (χ0v) is 12.3. The van der Waals surface area contributed by atoms with Crippen molar-refractivity contribution >= 4 is 22.7 Å². The maximum absolute atomic E-state index is 5.29. The van der Waals surface area contributed by atoms with Crippen molar-refractivity contribution in [1.82, 2.24) is 4.98 Å². The van der Waals surface area contributed by atoms with Crippen molar-refractivity contribution < 1.29 is 4.74 Å². The van der Waals surface area contributed by atoms with E-state index in [1.807, 2.05) is 30.3 Å². The molecule has 0 N–H and O–H groups in total. The van der Waals surface area contributed by atoms with Gasteiger partial charge >= 0.3 is 0 Å². The summed E-state index contributed by atoms with van der Waals surface area (Å²) in [5.41, 5.74) is 3.10. The van der Waals surface area contributed by atoms with Crippen LogP contribution in [0.5, 0.6) is 5.75 Å². The highest BCUT2D eigenvalue weighted by Crippen LogP contribution is 2.31.